The van der Waals surface area contributed by atoms with Crippen molar-refractivity contribution in [2.24, 2.45) is 0 Å². The first-order valence-electron chi connectivity index (χ1n) is 7.09. The summed E-state index contributed by atoms with van der Waals surface area (Å²) in [5, 5.41) is 10.3. The molecular formula is C16H24O. The molecule has 1 aliphatic carbocycles. The maximum Gasteiger partial charge on any atom is 0.0792 e. The fourth-order valence-electron chi connectivity index (χ4n) is 2.50. The van der Waals surface area contributed by atoms with Gasteiger partial charge in [0.2, 0.25) is 0 Å². The summed E-state index contributed by atoms with van der Waals surface area (Å²) in [6.07, 6.45) is 8.23. The molecule has 0 amide bonds. The molecule has 1 aromatic carbocycles. The zero-order valence-corrected chi connectivity index (χ0v) is 10.9. The third-order valence-corrected chi connectivity index (χ3v) is 3.70. The summed E-state index contributed by atoms with van der Waals surface area (Å²) in [5.74, 6) is 0.733. The van der Waals surface area contributed by atoms with Gasteiger partial charge in [0.25, 0.3) is 0 Å². The number of rotatable bonds is 7. The van der Waals surface area contributed by atoms with E-state index in [0.717, 1.165) is 18.8 Å². The summed E-state index contributed by atoms with van der Waals surface area (Å²) >= 11 is 0. The Hall–Kier alpha value is -0.820. The molecule has 0 radical (unpaired) electrons. The predicted molar refractivity (Wildman–Crippen MR) is 72.1 cm³/mol. The Morgan fingerprint density at radius 1 is 1.18 bits per heavy atom. The highest BCUT2D eigenvalue weighted by molar-refractivity contribution is 5.34. The molecule has 1 atom stereocenters. The van der Waals surface area contributed by atoms with Gasteiger partial charge in [0.1, 0.15) is 0 Å². The number of benzene rings is 1. The van der Waals surface area contributed by atoms with Gasteiger partial charge in [-0.1, -0.05) is 56.9 Å². The lowest BCUT2D eigenvalue weighted by Crippen LogP contribution is -2.01. The van der Waals surface area contributed by atoms with Crippen molar-refractivity contribution in [1.82, 2.24) is 0 Å². The van der Waals surface area contributed by atoms with Gasteiger partial charge in [-0.25, -0.2) is 0 Å². The second kappa shape index (κ2) is 6.20. The molecule has 0 aromatic heterocycles. The Morgan fingerprint density at radius 3 is 2.65 bits per heavy atom. The number of hydrogen-bond donors (Lipinski definition) is 1. The minimum absolute atomic E-state index is 0.247. The van der Waals surface area contributed by atoms with E-state index < -0.39 is 0 Å². The van der Waals surface area contributed by atoms with Crippen LogP contribution in [0.4, 0.5) is 0 Å². The van der Waals surface area contributed by atoms with Crippen molar-refractivity contribution in [1.29, 1.82) is 0 Å². The molecule has 0 spiro atoms. The van der Waals surface area contributed by atoms with Crippen molar-refractivity contribution in [3.8, 4) is 0 Å². The van der Waals surface area contributed by atoms with Crippen LogP contribution in [0, 0.1) is 0 Å². The van der Waals surface area contributed by atoms with Crippen LogP contribution in [-0.2, 0) is 0 Å². The monoisotopic (exact) mass is 232 g/mol. The van der Waals surface area contributed by atoms with E-state index >= 15 is 0 Å². The van der Waals surface area contributed by atoms with Gasteiger partial charge in [-0.15, -0.1) is 0 Å². The summed E-state index contributed by atoms with van der Waals surface area (Å²) < 4.78 is 0. The molecule has 2 rings (SSSR count). The zero-order chi connectivity index (χ0) is 12.1. The van der Waals surface area contributed by atoms with Gasteiger partial charge in [0.05, 0.1) is 6.10 Å². The molecule has 1 N–H and O–H groups in total. The molecule has 1 fully saturated rings. The summed E-state index contributed by atoms with van der Waals surface area (Å²) in [7, 11) is 0. The molecule has 1 aromatic rings. The average Bonchev–Trinajstić information content (AvgIpc) is 3.18. The summed E-state index contributed by atoms with van der Waals surface area (Å²) in [4.78, 5) is 0. The fraction of sp³-hybridized carbons (Fsp3) is 0.625. The fourth-order valence-corrected chi connectivity index (χ4v) is 2.50. The van der Waals surface area contributed by atoms with E-state index in [-0.39, 0.29) is 6.10 Å². The van der Waals surface area contributed by atoms with Crippen LogP contribution >= 0.6 is 0 Å². The molecule has 1 heteroatoms. The summed E-state index contributed by atoms with van der Waals surface area (Å²) in [6.45, 7) is 2.22. The van der Waals surface area contributed by atoms with Crippen molar-refractivity contribution >= 4 is 0 Å². The van der Waals surface area contributed by atoms with Crippen molar-refractivity contribution in [3.05, 3.63) is 35.4 Å². The Balaban J connectivity index is 1.91. The highest BCUT2D eigenvalue weighted by Crippen LogP contribution is 2.43. The van der Waals surface area contributed by atoms with Gasteiger partial charge < -0.3 is 5.11 Å². The molecule has 0 aliphatic heterocycles. The first-order chi connectivity index (χ1) is 8.33. The topological polar surface area (TPSA) is 20.2 Å². The normalized spacial score (nSPS) is 17.1. The average molecular weight is 232 g/mol. The smallest absolute Gasteiger partial charge is 0.0792 e. The molecule has 94 valence electrons. The Bertz CT molecular complexity index is 341. The third kappa shape index (κ3) is 3.57. The van der Waals surface area contributed by atoms with E-state index in [2.05, 4.69) is 31.2 Å². The number of hydrogen-bond acceptors (Lipinski definition) is 1. The van der Waals surface area contributed by atoms with Gasteiger partial charge >= 0.3 is 0 Å². The lowest BCUT2D eigenvalue weighted by molar-refractivity contribution is 0.162. The zero-order valence-electron chi connectivity index (χ0n) is 10.9. The van der Waals surface area contributed by atoms with Gasteiger partial charge in [0, 0.05) is 0 Å². The summed E-state index contributed by atoms with van der Waals surface area (Å²) in [6, 6.07) is 8.46. The van der Waals surface area contributed by atoms with Crippen LogP contribution in [-0.4, -0.2) is 5.11 Å². The second-order valence-corrected chi connectivity index (χ2v) is 5.27. The standard InChI is InChI=1S/C16H24O/c1-2-3-4-5-10-16(17)15-9-7-6-8-14(15)13-11-12-13/h6-9,13,16-17H,2-5,10-12H2,1H3. The van der Waals surface area contributed by atoms with E-state index in [1.165, 1.54) is 43.2 Å². The Kier molecular flexibility index (Phi) is 4.61. The maximum atomic E-state index is 10.3. The van der Waals surface area contributed by atoms with E-state index in [1.807, 2.05) is 0 Å². The maximum absolute atomic E-state index is 10.3. The van der Waals surface area contributed by atoms with Crippen LogP contribution < -0.4 is 0 Å². The van der Waals surface area contributed by atoms with Crippen molar-refractivity contribution in [2.45, 2.75) is 63.9 Å². The lowest BCUT2D eigenvalue weighted by atomic mass is 9.95. The molecule has 17 heavy (non-hydrogen) atoms. The van der Waals surface area contributed by atoms with Crippen molar-refractivity contribution < 1.29 is 5.11 Å². The second-order valence-electron chi connectivity index (χ2n) is 5.27. The van der Waals surface area contributed by atoms with E-state index in [0.29, 0.717) is 0 Å². The highest BCUT2D eigenvalue weighted by Gasteiger charge is 2.27. The number of aliphatic hydroxyl groups is 1. The van der Waals surface area contributed by atoms with Crippen LogP contribution in [0.2, 0.25) is 0 Å². The first kappa shape index (κ1) is 12.6. The minimum Gasteiger partial charge on any atom is -0.388 e. The molecule has 0 saturated heterocycles. The molecule has 1 nitrogen and oxygen atoms in total. The molecule has 0 bridgehead atoms. The molecule has 1 aliphatic rings. The predicted octanol–water partition coefficient (Wildman–Crippen LogP) is 4.57. The highest BCUT2D eigenvalue weighted by atomic mass is 16.3. The Morgan fingerprint density at radius 2 is 1.94 bits per heavy atom. The van der Waals surface area contributed by atoms with Crippen LogP contribution in [0.3, 0.4) is 0 Å². The van der Waals surface area contributed by atoms with Gasteiger partial charge in [0.15, 0.2) is 0 Å². The SMILES string of the molecule is CCCCCCC(O)c1ccccc1C1CC1. The third-order valence-electron chi connectivity index (χ3n) is 3.70. The van der Waals surface area contributed by atoms with E-state index in [4.69, 9.17) is 0 Å². The molecule has 1 unspecified atom stereocenters. The van der Waals surface area contributed by atoms with Gasteiger partial charge in [-0.05, 0) is 36.3 Å². The molecule has 1 saturated carbocycles. The van der Waals surface area contributed by atoms with Crippen molar-refractivity contribution in [2.75, 3.05) is 0 Å². The quantitative estimate of drug-likeness (QED) is 0.683. The van der Waals surface area contributed by atoms with Gasteiger partial charge in [-0.3, -0.25) is 0 Å². The molecular weight excluding hydrogens is 208 g/mol. The van der Waals surface area contributed by atoms with Crippen LogP contribution in [0.25, 0.3) is 0 Å². The minimum atomic E-state index is -0.247. The number of aliphatic hydroxyl groups excluding tert-OH is 1. The van der Waals surface area contributed by atoms with E-state index in [1.54, 1.807) is 0 Å². The van der Waals surface area contributed by atoms with E-state index in [9.17, 15) is 5.11 Å². The van der Waals surface area contributed by atoms with Gasteiger partial charge in [-0.2, -0.15) is 0 Å². The summed E-state index contributed by atoms with van der Waals surface area (Å²) in [5.41, 5.74) is 2.59. The van der Waals surface area contributed by atoms with Crippen LogP contribution in [0.15, 0.2) is 24.3 Å². The molecule has 0 heterocycles. The number of unbranched alkanes of at least 4 members (excludes halogenated alkanes) is 3. The lowest BCUT2D eigenvalue weighted by Gasteiger charge is -2.15. The largest absolute Gasteiger partial charge is 0.388 e. The van der Waals surface area contributed by atoms with Crippen molar-refractivity contribution in [3.63, 3.8) is 0 Å². The van der Waals surface area contributed by atoms with Crippen LogP contribution in [0.1, 0.15) is 75.0 Å². The Labute approximate surface area is 105 Å². The van der Waals surface area contributed by atoms with Crippen LogP contribution in [0.5, 0.6) is 0 Å². The first-order valence-corrected chi connectivity index (χ1v) is 7.09.